The van der Waals surface area contributed by atoms with Crippen LogP contribution in [0, 0.1) is 20.8 Å². The summed E-state index contributed by atoms with van der Waals surface area (Å²) in [5.41, 5.74) is 4.22. The number of carbonyl (C=O) groups is 1. The number of nitrogens with one attached hydrogen (secondary N) is 1. The van der Waals surface area contributed by atoms with Gasteiger partial charge in [0.25, 0.3) is 11.4 Å². The van der Waals surface area contributed by atoms with Crippen molar-refractivity contribution in [3.63, 3.8) is 0 Å². The second-order valence-electron chi connectivity index (χ2n) is 6.97. The number of aromatic nitrogens is 3. The third-order valence-corrected chi connectivity index (χ3v) is 4.43. The lowest BCUT2D eigenvalue weighted by Crippen LogP contribution is -2.27. The molecule has 7 nitrogen and oxygen atoms in total. The average molecular weight is 380 g/mol. The fraction of sp³-hybridized carbons (Fsp3) is 0.333. The SMILES string of the molecule is CCCc1noc(-c2ccc(=O)n(CC(=O)Nc3c(C)cc(C)cc3C)c2)n1. The van der Waals surface area contributed by atoms with Crippen molar-refractivity contribution < 1.29 is 9.32 Å². The van der Waals surface area contributed by atoms with Gasteiger partial charge in [-0.15, -0.1) is 0 Å². The highest BCUT2D eigenvalue weighted by molar-refractivity contribution is 5.92. The minimum atomic E-state index is -0.274. The lowest BCUT2D eigenvalue weighted by atomic mass is 10.1. The zero-order valence-corrected chi connectivity index (χ0v) is 16.6. The Morgan fingerprint density at radius 1 is 1.18 bits per heavy atom. The average Bonchev–Trinajstić information content (AvgIpc) is 3.09. The smallest absolute Gasteiger partial charge is 0.259 e. The van der Waals surface area contributed by atoms with Crippen LogP contribution in [0.5, 0.6) is 0 Å². The Hall–Kier alpha value is -3.22. The van der Waals surface area contributed by atoms with Crippen LogP contribution in [0.25, 0.3) is 11.5 Å². The van der Waals surface area contributed by atoms with Crippen LogP contribution in [0.4, 0.5) is 5.69 Å². The van der Waals surface area contributed by atoms with Gasteiger partial charge in [-0.05, 0) is 44.4 Å². The molecule has 0 aliphatic heterocycles. The van der Waals surface area contributed by atoms with Crippen LogP contribution in [-0.2, 0) is 17.8 Å². The predicted molar refractivity (Wildman–Crippen MR) is 107 cm³/mol. The summed E-state index contributed by atoms with van der Waals surface area (Å²) in [4.78, 5) is 29.1. The van der Waals surface area contributed by atoms with Crippen molar-refractivity contribution in [1.29, 1.82) is 0 Å². The van der Waals surface area contributed by atoms with E-state index in [2.05, 4.69) is 15.5 Å². The summed E-state index contributed by atoms with van der Waals surface area (Å²) in [5.74, 6) is 0.688. The summed E-state index contributed by atoms with van der Waals surface area (Å²) in [7, 11) is 0. The summed E-state index contributed by atoms with van der Waals surface area (Å²) in [6, 6.07) is 7.04. The van der Waals surface area contributed by atoms with Crippen molar-refractivity contribution in [2.75, 3.05) is 5.32 Å². The number of rotatable bonds is 6. The van der Waals surface area contributed by atoms with Gasteiger partial charge < -0.3 is 14.4 Å². The molecule has 0 radical (unpaired) electrons. The van der Waals surface area contributed by atoms with E-state index in [-0.39, 0.29) is 18.0 Å². The van der Waals surface area contributed by atoms with E-state index < -0.39 is 0 Å². The first-order chi connectivity index (χ1) is 13.4. The first-order valence-corrected chi connectivity index (χ1v) is 9.28. The highest BCUT2D eigenvalue weighted by Gasteiger charge is 2.13. The molecule has 28 heavy (non-hydrogen) atoms. The second-order valence-corrected chi connectivity index (χ2v) is 6.97. The van der Waals surface area contributed by atoms with Crippen molar-refractivity contribution >= 4 is 11.6 Å². The first kappa shape index (κ1) is 19.5. The Labute approximate surface area is 163 Å². The van der Waals surface area contributed by atoms with Crippen LogP contribution in [0.3, 0.4) is 0 Å². The van der Waals surface area contributed by atoms with E-state index in [9.17, 15) is 9.59 Å². The number of pyridine rings is 1. The maximum Gasteiger partial charge on any atom is 0.259 e. The summed E-state index contributed by atoms with van der Waals surface area (Å²) in [5, 5.41) is 6.84. The minimum absolute atomic E-state index is 0.102. The minimum Gasteiger partial charge on any atom is -0.334 e. The van der Waals surface area contributed by atoms with Gasteiger partial charge in [0.2, 0.25) is 5.91 Å². The summed E-state index contributed by atoms with van der Waals surface area (Å²) in [6.07, 6.45) is 3.21. The van der Waals surface area contributed by atoms with Gasteiger partial charge in [0.15, 0.2) is 5.82 Å². The van der Waals surface area contributed by atoms with Crippen LogP contribution >= 0.6 is 0 Å². The molecule has 0 bridgehead atoms. The lowest BCUT2D eigenvalue weighted by Gasteiger charge is -2.13. The number of hydrogen-bond donors (Lipinski definition) is 1. The normalized spacial score (nSPS) is 10.9. The molecule has 2 heterocycles. The molecule has 0 saturated carbocycles. The zero-order chi connectivity index (χ0) is 20.3. The third-order valence-electron chi connectivity index (χ3n) is 4.43. The molecule has 3 rings (SSSR count). The number of aryl methyl sites for hydroxylation is 4. The maximum absolute atomic E-state index is 12.5. The van der Waals surface area contributed by atoms with Gasteiger partial charge in [-0.25, -0.2) is 0 Å². The van der Waals surface area contributed by atoms with Crippen LogP contribution < -0.4 is 10.9 Å². The van der Waals surface area contributed by atoms with Crippen LogP contribution in [0.2, 0.25) is 0 Å². The van der Waals surface area contributed by atoms with E-state index in [1.54, 1.807) is 12.3 Å². The molecular weight excluding hydrogens is 356 g/mol. The largest absolute Gasteiger partial charge is 0.334 e. The van der Waals surface area contributed by atoms with Crippen molar-refractivity contribution in [3.8, 4) is 11.5 Å². The highest BCUT2D eigenvalue weighted by Crippen LogP contribution is 2.22. The number of benzene rings is 1. The van der Waals surface area contributed by atoms with Crippen molar-refractivity contribution in [2.45, 2.75) is 47.1 Å². The van der Waals surface area contributed by atoms with Crippen LogP contribution in [0.15, 0.2) is 39.8 Å². The number of amides is 1. The summed E-state index contributed by atoms with van der Waals surface area (Å²) in [6.45, 7) is 7.85. The molecule has 0 fully saturated rings. The Kier molecular flexibility index (Phi) is 5.73. The van der Waals surface area contributed by atoms with Gasteiger partial charge >= 0.3 is 0 Å². The monoisotopic (exact) mass is 380 g/mol. The maximum atomic E-state index is 12.5. The van der Waals surface area contributed by atoms with Crippen molar-refractivity contribution in [1.82, 2.24) is 14.7 Å². The van der Waals surface area contributed by atoms with Crippen LogP contribution in [-0.4, -0.2) is 20.6 Å². The molecule has 0 saturated heterocycles. The van der Waals surface area contributed by atoms with E-state index in [1.807, 2.05) is 39.8 Å². The van der Waals surface area contributed by atoms with E-state index in [0.29, 0.717) is 17.3 Å². The molecule has 0 spiro atoms. The molecule has 1 N–H and O–H groups in total. The van der Waals surface area contributed by atoms with Gasteiger partial charge in [-0.2, -0.15) is 4.98 Å². The highest BCUT2D eigenvalue weighted by atomic mass is 16.5. The molecule has 0 aliphatic rings. The number of carbonyl (C=O) groups excluding carboxylic acids is 1. The van der Waals surface area contributed by atoms with Crippen molar-refractivity contribution in [3.05, 3.63) is 63.3 Å². The molecular formula is C21H24N4O3. The molecule has 0 atom stereocenters. The Morgan fingerprint density at radius 2 is 1.89 bits per heavy atom. The van der Waals surface area contributed by atoms with Gasteiger partial charge in [-0.1, -0.05) is 29.8 Å². The van der Waals surface area contributed by atoms with E-state index >= 15 is 0 Å². The summed E-state index contributed by atoms with van der Waals surface area (Å²) >= 11 is 0. The van der Waals surface area contributed by atoms with Crippen molar-refractivity contribution in [2.24, 2.45) is 0 Å². The van der Waals surface area contributed by atoms with Crippen LogP contribution in [0.1, 0.15) is 35.9 Å². The molecule has 2 aromatic heterocycles. The molecule has 0 unspecified atom stereocenters. The Bertz CT molecular complexity index is 1040. The molecule has 0 aliphatic carbocycles. The molecule has 3 aromatic rings. The van der Waals surface area contributed by atoms with Gasteiger partial charge in [0.05, 0.1) is 5.56 Å². The number of anilines is 1. The van der Waals surface area contributed by atoms with Gasteiger partial charge in [0.1, 0.15) is 6.54 Å². The van der Waals surface area contributed by atoms with E-state index in [4.69, 9.17) is 4.52 Å². The second kappa shape index (κ2) is 8.21. The lowest BCUT2D eigenvalue weighted by molar-refractivity contribution is -0.116. The van der Waals surface area contributed by atoms with Gasteiger partial charge in [-0.3, -0.25) is 9.59 Å². The third kappa shape index (κ3) is 4.36. The molecule has 1 amide bonds. The number of hydrogen-bond acceptors (Lipinski definition) is 5. The number of nitrogens with zero attached hydrogens (tertiary/aromatic N) is 3. The summed E-state index contributed by atoms with van der Waals surface area (Å²) < 4.78 is 6.60. The first-order valence-electron chi connectivity index (χ1n) is 9.28. The van der Waals surface area contributed by atoms with E-state index in [1.165, 1.54) is 10.6 Å². The Morgan fingerprint density at radius 3 is 2.57 bits per heavy atom. The molecule has 7 heteroatoms. The topological polar surface area (TPSA) is 90.0 Å². The molecule has 146 valence electrons. The van der Waals surface area contributed by atoms with Gasteiger partial charge in [0, 0.05) is 24.4 Å². The zero-order valence-electron chi connectivity index (χ0n) is 16.6. The Balaban J connectivity index is 1.80. The standard InChI is InChI=1S/C21H24N4O3/c1-5-6-17-22-21(28-24-17)16-7-8-19(27)25(11-16)12-18(26)23-20-14(3)9-13(2)10-15(20)4/h7-11H,5-6,12H2,1-4H3,(H,23,26). The quantitative estimate of drug-likeness (QED) is 0.708. The fourth-order valence-electron chi connectivity index (χ4n) is 3.19. The molecule has 1 aromatic carbocycles. The predicted octanol–water partition coefficient (Wildman–Crippen LogP) is 3.41. The fourth-order valence-corrected chi connectivity index (χ4v) is 3.19. The van der Waals surface area contributed by atoms with E-state index in [0.717, 1.165) is 35.2 Å².